The quantitative estimate of drug-likeness (QED) is 0.258. The van der Waals surface area contributed by atoms with Crippen LogP contribution in [0.3, 0.4) is 0 Å². The standard InChI is InChI=1S/C19H16ClIN2O3S/c1-2-3-8-26-18(25)11-4-7-15-16(9-11)27-19(22-15)23-17(24)13-10-12(21)5-6-14(13)20/h4-7,9-10H,2-3,8H2,1H3,(H,22,23,24). The Morgan fingerprint density at radius 1 is 1.26 bits per heavy atom. The third-order valence-electron chi connectivity index (χ3n) is 3.75. The summed E-state index contributed by atoms with van der Waals surface area (Å²) in [4.78, 5) is 29.0. The molecule has 1 amide bonds. The first kappa shape index (κ1) is 20.0. The number of hydrogen-bond acceptors (Lipinski definition) is 5. The van der Waals surface area contributed by atoms with Crippen molar-refractivity contribution in [3.8, 4) is 0 Å². The molecule has 0 aliphatic heterocycles. The molecule has 8 heteroatoms. The van der Waals surface area contributed by atoms with E-state index in [0.29, 0.717) is 33.4 Å². The van der Waals surface area contributed by atoms with Crippen LogP contribution >= 0.6 is 45.5 Å². The summed E-state index contributed by atoms with van der Waals surface area (Å²) in [6.45, 7) is 2.45. The monoisotopic (exact) mass is 514 g/mol. The summed E-state index contributed by atoms with van der Waals surface area (Å²) < 4.78 is 6.94. The zero-order valence-corrected chi connectivity index (χ0v) is 18.2. The van der Waals surface area contributed by atoms with Gasteiger partial charge < -0.3 is 4.74 Å². The average Bonchev–Trinajstić information content (AvgIpc) is 3.05. The molecule has 1 aromatic heterocycles. The number of unbranched alkanes of at least 4 members (excludes halogenated alkanes) is 1. The molecule has 140 valence electrons. The summed E-state index contributed by atoms with van der Waals surface area (Å²) in [5.41, 5.74) is 1.57. The minimum Gasteiger partial charge on any atom is -0.462 e. The van der Waals surface area contributed by atoms with E-state index in [4.69, 9.17) is 16.3 Å². The molecular weight excluding hydrogens is 499 g/mol. The van der Waals surface area contributed by atoms with Gasteiger partial charge in [0.25, 0.3) is 5.91 Å². The van der Waals surface area contributed by atoms with Gasteiger partial charge in [-0.15, -0.1) is 0 Å². The number of ether oxygens (including phenoxy) is 1. The molecule has 1 N–H and O–H groups in total. The lowest BCUT2D eigenvalue weighted by molar-refractivity contribution is 0.0500. The van der Waals surface area contributed by atoms with Gasteiger partial charge in [0.2, 0.25) is 0 Å². The molecule has 3 rings (SSSR count). The Labute approximate surface area is 179 Å². The fourth-order valence-corrected chi connectivity index (χ4v) is 3.93. The number of fused-ring (bicyclic) bond motifs is 1. The summed E-state index contributed by atoms with van der Waals surface area (Å²) in [6, 6.07) is 10.4. The number of carbonyl (C=O) groups is 2. The zero-order valence-electron chi connectivity index (χ0n) is 14.4. The van der Waals surface area contributed by atoms with E-state index < -0.39 is 0 Å². The van der Waals surface area contributed by atoms with Crippen LogP contribution in [0.4, 0.5) is 5.13 Å². The maximum absolute atomic E-state index is 12.5. The molecule has 0 aliphatic carbocycles. The van der Waals surface area contributed by atoms with Gasteiger partial charge in [-0.25, -0.2) is 9.78 Å². The van der Waals surface area contributed by atoms with Gasteiger partial charge in [0.05, 0.1) is 33.0 Å². The van der Waals surface area contributed by atoms with E-state index >= 15 is 0 Å². The Morgan fingerprint density at radius 3 is 2.85 bits per heavy atom. The van der Waals surface area contributed by atoms with Crippen LogP contribution in [-0.2, 0) is 4.74 Å². The first-order valence-corrected chi connectivity index (χ1v) is 10.6. The van der Waals surface area contributed by atoms with Gasteiger partial charge in [-0.1, -0.05) is 36.3 Å². The number of hydrogen-bond donors (Lipinski definition) is 1. The van der Waals surface area contributed by atoms with Gasteiger partial charge in [-0.3, -0.25) is 10.1 Å². The Morgan fingerprint density at radius 2 is 2.07 bits per heavy atom. The van der Waals surface area contributed by atoms with Crippen LogP contribution in [0, 0.1) is 3.57 Å². The van der Waals surface area contributed by atoms with Gasteiger partial charge in [0, 0.05) is 3.57 Å². The summed E-state index contributed by atoms with van der Waals surface area (Å²) in [6.07, 6.45) is 1.81. The molecule has 27 heavy (non-hydrogen) atoms. The Hall–Kier alpha value is -1.71. The second-order valence-corrected chi connectivity index (χ2v) is 8.45. The largest absolute Gasteiger partial charge is 0.462 e. The predicted octanol–water partition coefficient (Wildman–Crippen LogP) is 5.76. The minimum atomic E-state index is -0.352. The van der Waals surface area contributed by atoms with Crippen molar-refractivity contribution in [2.24, 2.45) is 0 Å². The normalized spacial score (nSPS) is 10.8. The number of anilines is 1. The van der Waals surface area contributed by atoms with E-state index in [2.05, 4.69) is 32.9 Å². The van der Waals surface area contributed by atoms with Crippen molar-refractivity contribution in [1.29, 1.82) is 0 Å². The Kier molecular flexibility index (Phi) is 6.67. The van der Waals surface area contributed by atoms with Gasteiger partial charge in [-0.2, -0.15) is 0 Å². The third-order valence-corrected chi connectivity index (χ3v) is 5.68. The van der Waals surface area contributed by atoms with Crippen LogP contribution in [0.1, 0.15) is 40.5 Å². The van der Waals surface area contributed by atoms with Gasteiger partial charge >= 0.3 is 5.97 Å². The van der Waals surface area contributed by atoms with Crippen LogP contribution in [-0.4, -0.2) is 23.5 Å². The number of rotatable bonds is 6. The smallest absolute Gasteiger partial charge is 0.338 e. The summed E-state index contributed by atoms with van der Waals surface area (Å²) in [5.74, 6) is -0.674. The molecule has 1 heterocycles. The maximum Gasteiger partial charge on any atom is 0.338 e. The molecule has 5 nitrogen and oxygen atoms in total. The lowest BCUT2D eigenvalue weighted by Crippen LogP contribution is -2.12. The number of nitrogens with zero attached hydrogens (tertiary/aromatic N) is 1. The maximum atomic E-state index is 12.5. The van der Waals surface area contributed by atoms with Gasteiger partial charge in [0.15, 0.2) is 5.13 Å². The molecule has 0 unspecified atom stereocenters. The fourth-order valence-electron chi connectivity index (χ4n) is 2.33. The van der Waals surface area contributed by atoms with Crippen LogP contribution in [0.15, 0.2) is 36.4 Å². The lowest BCUT2D eigenvalue weighted by atomic mass is 10.2. The average molecular weight is 515 g/mol. The topological polar surface area (TPSA) is 68.3 Å². The molecular formula is C19H16ClIN2O3S. The van der Waals surface area contributed by atoms with E-state index in [1.54, 1.807) is 30.3 Å². The van der Waals surface area contributed by atoms with Crippen LogP contribution in [0.25, 0.3) is 10.2 Å². The molecule has 0 bridgehead atoms. The number of halogens is 2. The molecule has 0 aliphatic rings. The van der Waals surface area contributed by atoms with E-state index in [-0.39, 0.29) is 11.9 Å². The van der Waals surface area contributed by atoms with E-state index in [1.807, 2.05) is 13.0 Å². The highest BCUT2D eigenvalue weighted by Gasteiger charge is 2.15. The van der Waals surface area contributed by atoms with Crippen molar-refractivity contribution in [3.63, 3.8) is 0 Å². The molecule has 3 aromatic rings. The second kappa shape index (κ2) is 8.99. The van der Waals surface area contributed by atoms with Gasteiger partial charge in [0.1, 0.15) is 0 Å². The summed E-state index contributed by atoms with van der Waals surface area (Å²) >= 11 is 9.53. The van der Waals surface area contributed by atoms with E-state index in [0.717, 1.165) is 21.1 Å². The van der Waals surface area contributed by atoms with Crippen LogP contribution in [0.2, 0.25) is 5.02 Å². The SMILES string of the molecule is CCCCOC(=O)c1ccc2nc(NC(=O)c3cc(I)ccc3Cl)sc2c1. The molecule has 0 saturated heterocycles. The summed E-state index contributed by atoms with van der Waals surface area (Å²) in [5, 5.41) is 3.60. The van der Waals surface area contributed by atoms with Crippen molar-refractivity contribution >= 4 is 72.8 Å². The highest BCUT2D eigenvalue weighted by Crippen LogP contribution is 2.28. The number of esters is 1. The molecule has 0 radical (unpaired) electrons. The first-order chi connectivity index (χ1) is 13.0. The van der Waals surface area contributed by atoms with Crippen molar-refractivity contribution < 1.29 is 14.3 Å². The van der Waals surface area contributed by atoms with Crippen LogP contribution < -0.4 is 5.32 Å². The number of thiazole rings is 1. The zero-order chi connectivity index (χ0) is 19.4. The van der Waals surface area contributed by atoms with E-state index in [1.165, 1.54) is 11.3 Å². The lowest BCUT2D eigenvalue weighted by Gasteiger charge is -2.04. The molecule has 0 fully saturated rings. The minimum absolute atomic E-state index is 0.322. The Balaban J connectivity index is 1.77. The second-order valence-electron chi connectivity index (χ2n) is 5.77. The molecule has 0 atom stereocenters. The fraction of sp³-hybridized carbons (Fsp3) is 0.211. The van der Waals surface area contributed by atoms with Crippen molar-refractivity contribution in [2.75, 3.05) is 11.9 Å². The van der Waals surface area contributed by atoms with Crippen LogP contribution in [0.5, 0.6) is 0 Å². The van der Waals surface area contributed by atoms with E-state index in [9.17, 15) is 9.59 Å². The van der Waals surface area contributed by atoms with Gasteiger partial charge in [-0.05, 0) is 65.4 Å². The first-order valence-electron chi connectivity index (χ1n) is 8.32. The van der Waals surface area contributed by atoms with Crippen molar-refractivity contribution in [2.45, 2.75) is 19.8 Å². The highest BCUT2D eigenvalue weighted by atomic mass is 127. The molecule has 0 saturated carbocycles. The van der Waals surface area contributed by atoms with Crippen molar-refractivity contribution in [1.82, 2.24) is 4.98 Å². The third kappa shape index (κ3) is 4.97. The number of benzene rings is 2. The van der Waals surface area contributed by atoms with Crippen molar-refractivity contribution in [3.05, 3.63) is 56.1 Å². The summed E-state index contributed by atoms with van der Waals surface area (Å²) in [7, 11) is 0. The predicted molar refractivity (Wildman–Crippen MR) is 117 cm³/mol. The molecule has 0 spiro atoms. The highest BCUT2D eigenvalue weighted by molar-refractivity contribution is 14.1. The number of carbonyl (C=O) groups excluding carboxylic acids is 2. The number of nitrogens with one attached hydrogen (secondary N) is 1. The Bertz CT molecular complexity index is 1010. The number of aromatic nitrogens is 1. The number of amides is 1. The molecule has 2 aromatic carbocycles.